The van der Waals surface area contributed by atoms with Crippen LogP contribution in [-0.4, -0.2) is 49.8 Å². The molecule has 1 aromatic carbocycles. The minimum absolute atomic E-state index is 0.184. The summed E-state index contributed by atoms with van der Waals surface area (Å²) in [7, 11) is 3.30. The second kappa shape index (κ2) is 10.2. The zero-order chi connectivity index (χ0) is 17.9. The number of methoxy groups -OCH3 is 2. The largest absolute Gasteiger partial charge is 0.496 e. The summed E-state index contributed by atoms with van der Waals surface area (Å²) >= 11 is 0. The number of aromatic nitrogens is 2. The molecule has 25 heavy (non-hydrogen) atoms. The first kappa shape index (κ1) is 18.7. The highest BCUT2D eigenvalue weighted by molar-refractivity contribution is 5.93. The van der Waals surface area contributed by atoms with Crippen LogP contribution in [0, 0.1) is 0 Å². The molecule has 0 unspecified atom stereocenters. The van der Waals surface area contributed by atoms with Crippen molar-refractivity contribution >= 4 is 11.9 Å². The van der Waals surface area contributed by atoms with Gasteiger partial charge in [0.2, 0.25) is 5.95 Å². The molecular weight excluding hydrogens is 320 g/mol. The third kappa shape index (κ3) is 6.04. The Bertz CT molecular complexity index is 662. The van der Waals surface area contributed by atoms with Crippen LogP contribution in [0.25, 0.3) is 0 Å². The van der Waals surface area contributed by atoms with Gasteiger partial charge in [0.05, 0.1) is 12.7 Å². The van der Waals surface area contributed by atoms with Crippen molar-refractivity contribution in [3.05, 3.63) is 47.8 Å². The summed E-state index contributed by atoms with van der Waals surface area (Å²) in [6.45, 7) is 1.85. The predicted molar refractivity (Wildman–Crippen MR) is 96.0 cm³/mol. The third-order valence-electron chi connectivity index (χ3n) is 3.59. The SMILES string of the molecule is COCCCNC(=O)c1cnc(NCCc2ccccc2OC)nc1. The van der Waals surface area contributed by atoms with E-state index in [9.17, 15) is 4.79 Å². The lowest BCUT2D eigenvalue weighted by Crippen LogP contribution is -2.25. The molecule has 0 aliphatic rings. The van der Waals surface area contributed by atoms with Gasteiger partial charge in [-0.15, -0.1) is 0 Å². The number of carbonyl (C=O) groups excluding carboxylic acids is 1. The molecular formula is C18H24N4O3. The lowest BCUT2D eigenvalue weighted by molar-refractivity contribution is 0.0948. The summed E-state index contributed by atoms with van der Waals surface area (Å²) in [6.07, 6.45) is 4.59. The average Bonchev–Trinajstić information content (AvgIpc) is 2.66. The summed E-state index contributed by atoms with van der Waals surface area (Å²) in [5.74, 6) is 1.17. The van der Waals surface area contributed by atoms with Crippen molar-refractivity contribution in [2.75, 3.05) is 39.2 Å². The highest BCUT2D eigenvalue weighted by Gasteiger charge is 2.07. The Balaban J connectivity index is 1.79. The molecule has 1 heterocycles. The lowest BCUT2D eigenvalue weighted by atomic mass is 10.1. The number of ether oxygens (including phenoxy) is 2. The van der Waals surface area contributed by atoms with E-state index in [1.165, 1.54) is 12.4 Å². The van der Waals surface area contributed by atoms with Gasteiger partial charge in [0.25, 0.3) is 5.91 Å². The molecule has 0 saturated carbocycles. The molecule has 0 saturated heterocycles. The number of carbonyl (C=O) groups is 1. The van der Waals surface area contributed by atoms with Crippen molar-refractivity contribution in [2.24, 2.45) is 0 Å². The molecule has 0 radical (unpaired) electrons. The monoisotopic (exact) mass is 344 g/mol. The predicted octanol–water partition coefficient (Wildman–Crippen LogP) is 1.91. The van der Waals surface area contributed by atoms with Crippen LogP contribution in [0.2, 0.25) is 0 Å². The highest BCUT2D eigenvalue weighted by atomic mass is 16.5. The quantitative estimate of drug-likeness (QED) is 0.641. The molecule has 7 nitrogen and oxygen atoms in total. The number of para-hydroxylation sites is 1. The average molecular weight is 344 g/mol. The molecule has 0 atom stereocenters. The Labute approximate surface area is 147 Å². The maximum absolute atomic E-state index is 11.9. The van der Waals surface area contributed by atoms with Crippen LogP contribution in [0.4, 0.5) is 5.95 Å². The van der Waals surface area contributed by atoms with Crippen LogP contribution in [0.5, 0.6) is 5.75 Å². The molecule has 1 amide bonds. The Kier molecular flexibility index (Phi) is 7.65. The second-order valence-corrected chi connectivity index (χ2v) is 5.39. The molecule has 0 aliphatic carbocycles. The molecule has 0 bridgehead atoms. The first-order valence-corrected chi connectivity index (χ1v) is 8.19. The second-order valence-electron chi connectivity index (χ2n) is 5.39. The van der Waals surface area contributed by atoms with Crippen LogP contribution in [0.15, 0.2) is 36.7 Å². The van der Waals surface area contributed by atoms with Crippen LogP contribution in [-0.2, 0) is 11.2 Å². The Morgan fingerprint density at radius 2 is 1.88 bits per heavy atom. The van der Waals surface area contributed by atoms with Crippen LogP contribution < -0.4 is 15.4 Å². The summed E-state index contributed by atoms with van der Waals surface area (Å²) < 4.78 is 10.3. The van der Waals surface area contributed by atoms with E-state index in [4.69, 9.17) is 9.47 Å². The Morgan fingerprint density at radius 1 is 1.12 bits per heavy atom. The van der Waals surface area contributed by atoms with E-state index in [0.717, 1.165) is 24.2 Å². The fraction of sp³-hybridized carbons (Fsp3) is 0.389. The van der Waals surface area contributed by atoms with E-state index in [2.05, 4.69) is 20.6 Å². The fourth-order valence-electron chi connectivity index (χ4n) is 2.28. The summed E-state index contributed by atoms with van der Waals surface area (Å²) in [6, 6.07) is 7.89. The van der Waals surface area contributed by atoms with Crippen molar-refractivity contribution in [2.45, 2.75) is 12.8 Å². The Morgan fingerprint density at radius 3 is 2.60 bits per heavy atom. The topological polar surface area (TPSA) is 85.4 Å². The first-order valence-electron chi connectivity index (χ1n) is 8.19. The number of rotatable bonds is 10. The first-order chi connectivity index (χ1) is 12.2. The van der Waals surface area contributed by atoms with E-state index < -0.39 is 0 Å². The maximum Gasteiger partial charge on any atom is 0.254 e. The van der Waals surface area contributed by atoms with Gasteiger partial charge in [-0.05, 0) is 24.5 Å². The van der Waals surface area contributed by atoms with Gasteiger partial charge in [-0.2, -0.15) is 0 Å². The van der Waals surface area contributed by atoms with Crippen LogP contribution in [0.3, 0.4) is 0 Å². The van der Waals surface area contributed by atoms with Crippen molar-refractivity contribution < 1.29 is 14.3 Å². The van der Waals surface area contributed by atoms with Gasteiger partial charge in [-0.25, -0.2) is 9.97 Å². The molecule has 1 aromatic heterocycles. The number of anilines is 1. The molecule has 2 aromatic rings. The Hall–Kier alpha value is -2.67. The van der Waals surface area contributed by atoms with Gasteiger partial charge in [0.1, 0.15) is 5.75 Å². The molecule has 0 spiro atoms. The van der Waals surface area contributed by atoms with Crippen LogP contribution >= 0.6 is 0 Å². The highest BCUT2D eigenvalue weighted by Crippen LogP contribution is 2.17. The van der Waals surface area contributed by atoms with Crippen molar-refractivity contribution in [1.29, 1.82) is 0 Å². The molecule has 0 aliphatic heterocycles. The smallest absolute Gasteiger partial charge is 0.254 e. The maximum atomic E-state index is 11.9. The van der Waals surface area contributed by atoms with Crippen molar-refractivity contribution in [3.63, 3.8) is 0 Å². The molecule has 2 N–H and O–H groups in total. The van der Waals surface area contributed by atoms with Crippen molar-refractivity contribution in [1.82, 2.24) is 15.3 Å². The van der Waals surface area contributed by atoms with Crippen LogP contribution in [0.1, 0.15) is 22.3 Å². The summed E-state index contributed by atoms with van der Waals surface area (Å²) in [5, 5.41) is 5.94. The van der Waals surface area contributed by atoms with Gasteiger partial charge < -0.3 is 20.1 Å². The molecule has 0 fully saturated rings. The van der Waals surface area contributed by atoms with E-state index in [0.29, 0.717) is 31.2 Å². The van der Waals surface area contributed by atoms with Gasteiger partial charge in [0, 0.05) is 39.2 Å². The molecule has 134 valence electrons. The fourth-order valence-corrected chi connectivity index (χ4v) is 2.28. The van der Waals surface area contributed by atoms with Gasteiger partial charge in [0.15, 0.2) is 0 Å². The third-order valence-corrected chi connectivity index (χ3v) is 3.59. The number of nitrogens with one attached hydrogen (secondary N) is 2. The summed E-state index contributed by atoms with van der Waals surface area (Å²) in [4.78, 5) is 20.3. The number of nitrogens with zero attached hydrogens (tertiary/aromatic N) is 2. The lowest BCUT2D eigenvalue weighted by Gasteiger charge is -2.09. The number of hydrogen-bond donors (Lipinski definition) is 2. The minimum atomic E-state index is -0.184. The zero-order valence-corrected chi connectivity index (χ0v) is 14.6. The number of amides is 1. The van der Waals surface area contributed by atoms with E-state index in [-0.39, 0.29) is 5.91 Å². The number of benzene rings is 1. The number of hydrogen-bond acceptors (Lipinski definition) is 6. The van der Waals surface area contributed by atoms with E-state index >= 15 is 0 Å². The van der Waals surface area contributed by atoms with E-state index in [1.807, 2.05) is 24.3 Å². The van der Waals surface area contributed by atoms with Gasteiger partial charge >= 0.3 is 0 Å². The molecule has 2 rings (SSSR count). The van der Waals surface area contributed by atoms with Crippen molar-refractivity contribution in [3.8, 4) is 5.75 Å². The summed E-state index contributed by atoms with van der Waals surface area (Å²) in [5.41, 5.74) is 1.55. The normalized spacial score (nSPS) is 10.3. The zero-order valence-electron chi connectivity index (χ0n) is 14.6. The van der Waals surface area contributed by atoms with Gasteiger partial charge in [-0.3, -0.25) is 4.79 Å². The van der Waals surface area contributed by atoms with E-state index in [1.54, 1.807) is 14.2 Å². The van der Waals surface area contributed by atoms with Gasteiger partial charge in [-0.1, -0.05) is 18.2 Å². The minimum Gasteiger partial charge on any atom is -0.496 e. The standard InChI is InChI=1S/C18H24N4O3/c1-24-11-5-9-19-17(23)15-12-21-18(22-13-15)20-10-8-14-6-3-4-7-16(14)25-2/h3-4,6-7,12-13H,5,8-11H2,1-2H3,(H,19,23)(H,20,21,22). The molecule has 7 heteroatoms.